The molecule has 4 aliphatic heterocycles. The van der Waals surface area contributed by atoms with E-state index in [1.807, 2.05) is 4.90 Å². The molecule has 2 N–H and O–H groups in total. The molecule has 7 rings (SSSR count). The summed E-state index contributed by atoms with van der Waals surface area (Å²) in [6, 6.07) is 3.75. The summed E-state index contributed by atoms with van der Waals surface area (Å²) < 4.78 is 76.8. The number of nitrogens with one attached hydrogen (secondary N) is 1. The zero-order valence-electron chi connectivity index (χ0n) is 22.8. The molecule has 224 valence electrons. The zero-order chi connectivity index (χ0) is 29.2. The fraction of sp³-hybridized carbons (Fsp3) is 0.552. The van der Waals surface area contributed by atoms with Crippen molar-refractivity contribution in [3.05, 3.63) is 35.8 Å². The third kappa shape index (κ3) is 5.00. The number of alkyl halides is 4. The van der Waals surface area contributed by atoms with Crippen molar-refractivity contribution in [3.8, 4) is 23.0 Å². The normalized spacial score (nSPS) is 27.6. The van der Waals surface area contributed by atoms with E-state index in [4.69, 9.17) is 9.72 Å². The number of piperazine rings is 1. The molecular weight excluding hydrogens is 559 g/mol. The topological polar surface area (TPSA) is 86.6 Å². The first kappa shape index (κ1) is 27.5. The van der Waals surface area contributed by atoms with Gasteiger partial charge < -0.3 is 20.1 Å². The second kappa shape index (κ2) is 10.1. The van der Waals surface area contributed by atoms with Crippen LogP contribution in [0.2, 0.25) is 0 Å². The standard InChI is InChI=1S/C29H31F5N6O2/c30-17-10-28(6-1-7-40(28)12-17)15-42-27-37-25-22(26(38-27)39-13-18-3-4-19(14-39)36-18)11-35-24(23(25)31)21-8-20(41)5-2-16(21)9-29(32,33)34/h2,5,8,11,17-19,36,41H,1,3-4,6-7,9-10,12-15H2/t17?,18-,19+,28?. The van der Waals surface area contributed by atoms with Crippen LogP contribution in [0.15, 0.2) is 24.4 Å². The van der Waals surface area contributed by atoms with Gasteiger partial charge in [-0.1, -0.05) is 6.07 Å². The molecule has 13 heteroatoms. The number of anilines is 1. The van der Waals surface area contributed by atoms with Gasteiger partial charge in [-0.25, -0.2) is 8.78 Å². The van der Waals surface area contributed by atoms with Gasteiger partial charge in [0.2, 0.25) is 0 Å². The van der Waals surface area contributed by atoms with E-state index in [0.29, 0.717) is 37.3 Å². The van der Waals surface area contributed by atoms with Crippen LogP contribution < -0.4 is 15.0 Å². The first-order valence-electron chi connectivity index (χ1n) is 14.4. The molecule has 0 amide bonds. The molecule has 0 aliphatic carbocycles. The highest BCUT2D eigenvalue weighted by Gasteiger charge is 2.49. The molecule has 2 aromatic heterocycles. The lowest BCUT2D eigenvalue weighted by atomic mass is 9.95. The monoisotopic (exact) mass is 590 g/mol. The van der Waals surface area contributed by atoms with Crippen LogP contribution in [0.4, 0.5) is 27.8 Å². The molecular formula is C29H31F5N6O2. The van der Waals surface area contributed by atoms with E-state index in [9.17, 15) is 22.7 Å². The number of nitrogens with zero attached hydrogens (tertiary/aromatic N) is 5. The Morgan fingerprint density at radius 1 is 1.12 bits per heavy atom. The van der Waals surface area contributed by atoms with E-state index >= 15 is 4.39 Å². The molecule has 42 heavy (non-hydrogen) atoms. The van der Waals surface area contributed by atoms with Gasteiger partial charge in [-0.15, -0.1) is 0 Å². The summed E-state index contributed by atoms with van der Waals surface area (Å²) in [7, 11) is 0. The second-order valence-electron chi connectivity index (χ2n) is 12.1. The Hall–Kier alpha value is -3.32. The number of fused-ring (bicyclic) bond motifs is 4. The summed E-state index contributed by atoms with van der Waals surface area (Å²) >= 11 is 0. The van der Waals surface area contributed by atoms with Crippen LogP contribution in [-0.4, -0.2) is 87.7 Å². The number of aromatic nitrogens is 3. The summed E-state index contributed by atoms with van der Waals surface area (Å²) in [4.78, 5) is 17.5. The van der Waals surface area contributed by atoms with Gasteiger partial charge in [-0.2, -0.15) is 23.1 Å². The van der Waals surface area contributed by atoms with E-state index in [-0.39, 0.29) is 52.8 Å². The highest BCUT2D eigenvalue weighted by molar-refractivity contribution is 5.92. The van der Waals surface area contributed by atoms with Gasteiger partial charge in [0.15, 0.2) is 5.82 Å². The van der Waals surface area contributed by atoms with Crippen molar-refractivity contribution in [2.45, 2.75) is 68.5 Å². The molecule has 4 aliphatic rings. The van der Waals surface area contributed by atoms with Crippen LogP contribution in [0.25, 0.3) is 22.2 Å². The number of phenols is 1. The molecule has 0 spiro atoms. The van der Waals surface area contributed by atoms with Crippen LogP contribution in [0.3, 0.4) is 0 Å². The predicted octanol–water partition coefficient (Wildman–Crippen LogP) is 4.54. The second-order valence-corrected chi connectivity index (χ2v) is 12.1. The molecule has 4 fully saturated rings. The van der Waals surface area contributed by atoms with Crippen LogP contribution in [0.5, 0.6) is 11.8 Å². The molecule has 1 aromatic carbocycles. The molecule has 2 unspecified atom stereocenters. The van der Waals surface area contributed by atoms with Gasteiger partial charge in [0.05, 0.1) is 17.3 Å². The van der Waals surface area contributed by atoms with E-state index < -0.39 is 30.1 Å². The number of ether oxygens (including phenoxy) is 1. The maximum Gasteiger partial charge on any atom is 0.393 e. The molecule has 4 saturated heterocycles. The van der Waals surface area contributed by atoms with Crippen molar-refractivity contribution < 1.29 is 31.8 Å². The number of phenolic OH excluding ortho intramolecular Hbond substituents is 1. The number of benzene rings is 1. The van der Waals surface area contributed by atoms with Crippen molar-refractivity contribution >= 4 is 16.7 Å². The van der Waals surface area contributed by atoms with Crippen LogP contribution >= 0.6 is 0 Å². The molecule has 0 radical (unpaired) electrons. The van der Waals surface area contributed by atoms with Crippen LogP contribution in [0, 0.1) is 5.82 Å². The van der Waals surface area contributed by atoms with E-state index in [1.54, 1.807) is 0 Å². The van der Waals surface area contributed by atoms with Crippen LogP contribution in [0.1, 0.15) is 37.7 Å². The fourth-order valence-electron chi connectivity index (χ4n) is 7.29. The zero-order valence-corrected chi connectivity index (χ0v) is 22.8. The Morgan fingerprint density at radius 2 is 1.90 bits per heavy atom. The van der Waals surface area contributed by atoms with Crippen LogP contribution in [-0.2, 0) is 6.42 Å². The van der Waals surface area contributed by atoms with Gasteiger partial charge in [-0.05, 0) is 49.9 Å². The average molecular weight is 591 g/mol. The highest BCUT2D eigenvalue weighted by Crippen LogP contribution is 2.41. The number of halogens is 5. The first-order valence-corrected chi connectivity index (χ1v) is 14.4. The Balaban J connectivity index is 1.32. The molecule has 0 saturated carbocycles. The quantitative estimate of drug-likeness (QED) is 0.405. The summed E-state index contributed by atoms with van der Waals surface area (Å²) in [5, 5.41) is 13.9. The molecule has 6 heterocycles. The Bertz CT molecular complexity index is 1510. The van der Waals surface area contributed by atoms with Crippen molar-refractivity contribution in [1.82, 2.24) is 25.2 Å². The Kier molecular flexibility index (Phi) is 6.65. The van der Waals surface area contributed by atoms with Gasteiger partial charge >= 0.3 is 12.2 Å². The average Bonchev–Trinajstić information content (AvgIpc) is 3.58. The molecule has 2 bridgehead atoms. The Morgan fingerprint density at radius 3 is 2.67 bits per heavy atom. The maximum atomic E-state index is 16.3. The van der Waals surface area contributed by atoms with Crippen molar-refractivity contribution in [2.75, 3.05) is 37.7 Å². The SMILES string of the molecule is Oc1ccc(CC(F)(F)F)c(-c2ncc3c(N4C[C@H]5CC[C@@H](C4)N5)nc(OCC45CCCN4CC(F)C5)nc3c2F)c1. The number of aromatic hydroxyl groups is 1. The third-order valence-electron chi connectivity index (χ3n) is 9.13. The van der Waals surface area contributed by atoms with Crippen molar-refractivity contribution in [1.29, 1.82) is 0 Å². The maximum absolute atomic E-state index is 16.3. The van der Waals surface area contributed by atoms with E-state index in [1.165, 1.54) is 6.20 Å². The number of hydrogen-bond acceptors (Lipinski definition) is 8. The molecule has 3 aromatic rings. The fourth-order valence-corrected chi connectivity index (χ4v) is 7.29. The summed E-state index contributed by atoms with van der Waals surface area (Å²) in [5.74, 6) is -0.809. The molecule has 4 atom stereocenters. The minimum absolute atomic E-state index is 0.0746. The summed E-state index contributed by atoms with van der Waals surface area (Å²) in [6.07, 6.45) is -1.38. The number of hydrogen-bond donors (Lipinski definition) is 2. The lowest BCUT2D eigenvalue weighted by Crippen LogP contribution is -2.51. The van der Waals surface area contributed by atoms with Crippen molar-refractivity contribution in [3.63, 3.8) is 0 Å². The Labute approximate surface area is 238 Å². The predicted molar refractivity (Wildman–Crippen MR) is 145 cm³/mol. The summed E-state index contributed by atoms with van der Waals surface area (Å²) in [6.45, 7) is 2.55. The first-order chi connectivity index (χ1) is 20.1. The largest absolute Gasteiger partial charge is 0.508 e. The van der Waals surface area contributed by atoms with E-state index in [2.05, 4.69) is 20.2 Å². The smallest absolute Gasteiger partial charge is 0.393 e. The number of pyridine rings is 1. The lowest BCUT2D eigenvalue weighted by Gasteiger charge is -2.34. The van der Waals surface area contributed by atoms with Gasteiger partial charge in [0, 0.05) is 49.9 Å². The highest BCUT2D eigenvalue weighted by atomic mass is 19.4. The van der Waals surface area contributed by atoms with Gasteiger partial charge in [-0.3, -0.25) is 9.88 Å². The number of rotatable bonds is 6. The van der Waals surface area contributed by atoms with Gasteiger partial charge in [0.25, 0.3) is 0 Å². The van der Waals surface area contributed by atoms with E-state index in [0.717, 1.165) is 50.4 Å². The van der Waals surface area contributed by atoms with Gasteiger partial charge in [0.1, 0.15) is 35.6 Å². The third-order valence-corrected chi connectivity index (χ3v) is 9.13. The summed E-state index contributed by atoms with van der Waals surface area (Å²) in [5.41, 5.74) is -1.36. The minimum Gasteiger partial charge on any atom is -0.508 e. The minimum atomic E-state index is -4.55. The molecule has 8 nitrogen and oxygen atoms in total. The lowest BCUT2D eigenvalue weighted by molar-refractivity contribution is -0.127. The van der Waals surface area contributed by atoms with Crippen molar-refractivity contribution in [2.24, 2.45) is 0 Å².